The predicted molar refractivity (Wildman–Crippen MR) is 91.0 cm³/mol. The Hall–Kier alpha value is -1.14. The highest BCUT2D eigenvalue weighted by molar-refractivity contribution is 5.78. The standard InChI is InChI=1S/C17H34N2O4/c1-12(2)8-13(11-20)19-14(21)10-18-17(6,7)9-15(22)23-16(3,4)5/h12-13,18,20H,8-11H2,1-7H3,(H,19,21)/t13-/m0/s1. The molecule has 0 aromatic rings. The third-order valence-corrected chi connectivity index (χ3v) is 3.08. The number of hydrogen-bond donors (Lipinski definition) is 3. The third kappa shape index (κ3) is 12.0. The van der Waals surface area contributed by atoms with Gasteiger partial charge in [0.2, 0.25) is 5.91 Å². The first kappa shape index (κ1) is 21.9. The first-order chi connectivity index (χ1) is 10.3. The summed E-state index contributed by atoms with van der Waals surface area (Å²) in [7, 11) is 0. The highest BCUT2D eigenvalue weighted by Gasteiger charge is 2.26. The summed E-state index contributed by atoms with van der Waals surface area (Å²) < 4.78 is 5.29. The van der Waals surface area contributed by atoms with Crippen LogP contribution in [-0.4, -0.2) is 47.3 Å². The second-order valence-electron chi connectivity index (χ2n) is 8.08. The minimum Gasteiger partial charge on any atom is -0.460 e. The molecule has 0 aromatic heterocycles. The Labute approximate surface area is 140 Å². The Kier molecular flexibility index (Phi) is 8.77. The van der Waals surface area contributed by atoms with E-state index in [1.54, 1.807) is 0 Å². The van der Waals surface area contributed by atoms with Gasteiger partial charge in [-0.1, -0.05) is 13.8 Å². The van der Waals surface area contributed by atoms with Gasteiger partial charge in [-0.25, -0.2) is 0 Å². The molecule has 0 aliphatic carbocycles. The molecule has 0 aliphatic rings. The van der Waals surface area contributed by atoms with E-state index in [4.69, 9.17) is 4.74 Å². The first-order valence-electron chi connectivity index (χ1n) is 8.22. The van der Waals surface area contributed by atoms with Crippen LogP contribution < -0.4 is 10.6 Å². The summed E-state index contributed by atoms with van der Waals surface area (Å²) in [6, 6.07) is -0.238. The molecule has 0 unspecified atom stereocenters. The fourth-order valence-electron chi connectivity index (χ4n) is 2.15. The number of carbonyl (C=O) groups is 2. The van der Waals surface area contributed by atoms with Gasteiger partial charge in [0.1, 0.15) is 5.60 Å². The molecule has 1 amide bonds. The normalized spacial score (nSPS) is 13.8. The monoisotopic (exact) mass is 330 g/mol. The minimum atomic E-state index is -0.549. The number of amides is 1. The first-order valence-corrected chi connectivity index (χ1v) is 8.22. The Morgan fingerprint density at radius 3 is 2.13 bits per heavy atom. The van der Waals surface area contributed by atoms with E-state index in [2.05, 4.69) is 10.6 Å². The lowest BCUT2D eigenvalue weighted by Gasteiger charge is -2.28. The Morgan fingerprint density at radius 1 is 1.13 bits per heavy atom. The van der Waals surface area contributed by atoms with Crippen LogP contribution in [0.25, 0.3) is 0 Å². The molecule has 0 saturated carbocycles. The quantitative estimate of drug-likeness (QED) is 0.559. The van der Waals surface area contributed by atoms with Gasteiger partial charge in [0, 0.05) is 5.54 Å². The maximum absolute atomic E-state index is 12.0. The van der Waals surface area contributed by atoms with Gasteiger partial charge in [-0.3, -0.25) is 9.59 Å². The molecule has 0 radical (unpaired) electrons. The van der Waals surface area contributed by atoms with Gasteiger partial charge in [-0.05, 0) is 47.0 Å². The van der Waals surface area contributed by atoms with Crippen molar-refractivity contribution in [3.63, 3.8) is 0 Å². The molecule has 0 fully saturated rings. The van der Waals surface area contributed by atoms with Crippen molar-refractivity contribution in [3.05, 3.63) is 0 Å². The summed E-state index contributed by atoms with van der Waals surface area (Å²) in [6.45, 7) is 13.3. The van der Waals surface area contributed by atoms with E-state index in [-0.39, 0.29) is 37.5 Å². The van der Waals surface area contributed by atoms with Crippen LogP contribution in [0, 0.1) is 5.92 Å². The van der Waals surface area contributed by atoms with Gasteiger partial charge in [0.25, 0.3) is 0 Å². The zero-order valence-corrected chi connectivity index (χ0v) is 15.7. The molecule has 136 valence electrons. The van der Waals surface area contributed by atoms with E-state index in [0.717, 1.165) is 6.42 Å². The average Bonchev–Trinajstić information content (AvgIpc) is 2.32. The molecule has 0 heterocycles. The van der Waals surface area contributed by atoms with Crippen molar-refractivity contribution >= 4 is 11.9 Å². The lowest BCUT2D eigenvalue weighted by atomic mass is 10.0. The molecule has 0 spiro atoms. The van der Waals surface area contributed by atoms with Crippen molar-refractivity contribution in [2.75, 3.05) is 13.2 Å². The van der Waals surface area contributed by atoms with Gasteiger partial charge in [0.05, 0.1) is 25.6 Å². The van der Waals surface area contributed by atoms with E-state index in [1.165, 1.54) is 0 Å². The second kappa shape index (κ2) is 9.23. The SMILES string of the molecule is CC(C)C[C@@H](CO)NC(=O)CNC(C)(C)CC(=O)OC(C)(C)C. The average molecular weight is 330 g/mol. The van der Waals surface area contributed by atoms with E-state index >= 15 is 0 Å². The molecule has 6 nitrogen and oxygen atoms in total. The van der Waals surface area contributed by atoms with E-state index in [0.29, 0.717) is 5.92 Å². The van der Waals surface area contributed by atoms with Crippen LogP contribution in [0.4, 0.5) is 0 Å². The number of nitrogens with one attached hydrogen (secondary N) is 2. The fourth-order valence-corrected chi connectivity index (χ4v) is 2.15. The lowest BCUT2D eigenvalue weighted by Crippen LogP contribution is -2.49. The fraction of sp³-hybridized carbons (Fsp3) is 0.882. The summed E-state index contributed by atoms with van der Waals surface area (Å²) >= 11 is 0. The second-order valence-corrected chi connectivity index (χ2v) is 8.08. The summed E-state index contributed by atoms with van der Waals surface area (Å²) in [5.41, 5.74) is -1.07. The highest BCUT2D eigenvalue weighted by Crippen LogP contribution is 2.14. The summed E-state index contributed by atoms with van der Waals surface area (Å²) in [6.07, 6.45) is 0.899. The van der Waals surface area contributed by atoms with Crippen LogP contribution in [-0.2, 0) is 14.3 Å². The van der Waals surface area contributed by atoms with E-state index in [1.807, 2.05) is 48.5 Å². The van der Waals surface area contributed by atoms with E-state index in [9.17, 15) is 14.7 Å². The number of hydrogen-bond acceptors (Lipinski definition) is 5. The lowest BCUT2D eigenvalue weighted by molar-refractivity contribution is -0.156. The van der Waals surface area contributed by atoms with Gasteiger partial charge in [-0.15, -0.1) is 0 Å². The van der Waals surface area contributed by atoms with Crippen molar-refractivity contribution in [1.29, 1.82) is 0 Å². The molecule has 1 atom stereocenters. The summed E-state index contributed by atoms with van der Waals surface area (Å²) in [5, 5.41) is 15.1. The number of esters is 1. The number of carbonyl (C=O) groups excluding carboxylic acids is 2. The Morgan fingerprint density at radius 2 is 1.70 bits per heavy atom. The molecular formula is C17H34N2O4. The molecule has 3 N–H and O–H groups in total. The molecule has 6 heteroatoms. The van der Waals surface area contributed by atoms with Crippen molar-refractivity contribution in [1.82, 2.24) is 10.6 Å². The molecular weight excluding hydrogens is 296 g/mol. The molecule has 0 rings (SSSR count). The molecule has 0 aliphatic heterocycles. The molecule has 0 saturated heterocycles. The van der Waals surface area contributed by atoms with Gasteiger partial charge in [0.15, 0.2) is 0 Å². The number of aliphatic hydroxyl groups excluding tert-OH is 1. The third-order valence-electron chi connectivity index (χ3n) is 3.08. The summed E-state index contributed by atoms with van der Waals surface area (Å²) in [5.74, 6) is -0.102. The van der Waals surface area contributed by atoms with Gasteiger partial charge < -0.3 is 20.5 Å². The zero-order chi connectivity index (χ0) is 18.3. The van der Waals surface area contributed by atoms with Crippen LogP contribution in [0.15, 0.2) is 0 Å². The number of ether oxygens (including phenoxy) is 1. The van der Waals surface area contributed by atoms with Crippen LogP contribution >= 0.6 is 0 Å². The van der Waals surface area contributed by atoms with E-state index < -0.39 is 11.1 Å². The Balaban J connectivity index is 4.31. The van der Waals surface area contributed by atoms with Gasteiger partial charge in [-0.2, -0.15) is 0 Å². The van der Waals surface area contributed by atoms with Gasteiger partial charge >= 0.3 is 5.97 Å². The number of rotatable bonds is 9. The maximum Gasteiger partial charge on any atom is 0.308 e. The van der Waals surface area contributed by atoms with Crippen LogP contribution in [0.3, 0.4) is 0 Å². The summed E-state index contributed by atoms with van der Waals surface area (Å²) in [4.78, 5) is 23.8. The molecule has 0 bridgehead atoms. The largest absolute Gasteiger partial charge is 0.460 e. The predicted octanol–water partition coefficient (Wildman–Crippen LogP) is 1.61. The topological polar surface area (TPSA) is 87.7 Å². The minimum absolute atomic E-state index is 0.0782. The van der Waals surface area contributed by atoms with Crippen molar-refractivity contribution < 1.29 is 19.4 Å². The smallest absolute Gasteiger partial charge is 0.308 e. The molecule has 0 aromatic carbocycles. The maximum atomic E-state index is 12.0. The number of aliphatic hydroxyl groups is 1. The van der Waals surface area contributed by atoms with Crippen molar-refractivity contribution in [2.24, 2.45) is 5.92 Å². The van der Waals surface area contributed by atoms with Crippen LogP contribution in [0.2, 0.25) is 0 Å². The highest BCUT2D eigenvalue weighted by atomic mass is 16.6. The van der Waals surface area contributed by atoms with Crippen LogP contribution in [0.1, 0.15) is 61.3 Å². The zero-order valence-electron chi connectivity index (χ0n) is 15.7. The Bertz CT molecular complexity index is 387. The van der Waals surface area contributed by atoms with Crippen molar-refractivity contribution in [2.45, 2.75) is 78.5 Å². The molecule has 23 heavy (non-hydrogen) atoms. The van der Waals surface area contributed by atoms with Crippen molar-refractivity contribution in [3.8, 4) is 0 Å². The van der Waals surface area contributed by atoms with Crippen LogP contribution in [0.5, 0.6) is 0 Å².